The van der Waals surface area contributed by atoms with E-state index < -0.39 is 0 Å². The number of hydrogen-bond acceptors (Lipinski definition) is 4. The third kappa shape index (κ3) is 3.16. The summed E-state index contributed by atoms with van der Waals surface area (Å²) in [5.41, 5.74) is 0.828. The second-order valence-electron chi connectivity index (χ2n) is 4.77. The topological polar surface area (TPSA) is 65.4 Å². The van der Waals surface area contributed by atoms with Crippen molar-refractivity contribution in [2.45, 2.75) is 12.5 Å². The predicted octanol–water partition coefficient (Wildman–Crippen LogP) is 1.17. The van der Waals surface area contributed by atoms with Crippen molar-refractivity contribution in [3.05, 3.63) is 30.3 Å². The lowest BCUT2D eigenvalue weighted by Gasteiger charge is -2.26. The first-order valence-corrected chi connectivity index (χ1v) is 6.76. The molecule has 20 heavy (non-hydrogen) atoms. The maximum absolute atomic E-state index is 12.7. The van der Waals surface area contributed by atoms with E-state index in [1.165, 1.54) is 0 Å². The number of para-hydroxylation sites is 1. The Kier molecular flexibility index (Phi) is 5.10. The van der Waals surface area contributed by atoms with Crippen molar-refractivity contribution < 1.29 is 9.53 Å². The van der Waals surface area contributed by atoms with Gasteiger partial charge in [-0.3, -0.25) is 4.79 Å². The number of likely N-dealkylation sites (N-methyl/N-ethyl adjacent to an activating group) is 1. The molecule has 0 aromatic heterocycles. The van der Waals surface area contributed by atoms with Crippen LogP contribution < -0.4 is 10.2 Å². The molecule has 1 aliphatic rings. The van der Waals surface area contributed by atoms with Crippen molar-refractivity contribution in [1.82, 2.24) is 5.32 Å². The zero-order valence-corrected chi connectivity index (χ0v) is 11.6. The molecule has 0 aliphatic carbocycles. The van der Waals surface area contributed by atoms with Crippen molar-refractivity contribution in [2.24, 2.45) is 5.92 Å². The predicted molar refractivity (Wildman–Crippen MR) is 76.2 cm³/mol. The summed E-state index contributed by atoms with van der Waals surface area (Å²) >= 11 is 0. The Morgan fingerprint density at radius 2 is 2.20 bits per heavy atom. The van der Waals surface area contributed by atoms with Crippen molar-refractivity contribution in [3.8, 4) is 6.07 Å². The highest BCUT2D eigenvalue weighted by Crippen LogP contribution is 2.21. The molecule has 1 aromatic rings. The number of carbonyl (C=O) groups is 1. The van der Waals surface area contributed by atoms with Crippen LogP contribution in [0.25, 0.3) is 0 Å². The number of amides is 1. The highest BCUT2D eigenvalue weighted by Gasteiger charge is 2.36. The molecular weight excluding hydrogens is 254 g/mol. The number of ether oxygens (including phenoxy) is 1. The maximum Gasteiger partial charge on any atom is 0.234 e. The molecule has 1 heterocycles. The van der Waals surface area contributed by atoms with E-state index in [-0.39, 0.29) is 17.9 Å². The Hall–Kier alpha value is -1.90. The second kappa shape index (κ2) is 7.04. The molecule has 2 rings (SSSR count). The molecule has 5 heteroatoms. The van der Waals surface area contributed by atoms with Crippen LogP contribution in [0.5, 0.6) is 0 Å². The lowest BCUT2D eigenvalue weighted by atomic mass is 10.0. The lowest BCUT2D eigenvalue weighted by Crippen LogP contribution is -2.45. The van der Waals surface area contributed by atoms with Gasteiger partial charge in [0.25, 0.3) is 0 Å². The Morgan fingerprint density at radius 3 is 2.85 bits per heavy atom. The number of nitrogens with one attached hydrogen (secondary N) is 1. The smallest absolute Gasteiger partial charge is 0.234 e. The van der Waals surface area contributed by atoms with Gasteiger partial charge in [-0.25, -0.2) is 0 Å². The molecule has 1 aliphatic heterocycles. The molecule has 1 fully saturated rings. The molecule has 1 aromatic carbocycles. The van der Waals surface area contributed by atoms with Gasteiger partial charge >= 0.3 is 0 Å². The molecule has 1 saturated heterocycles. The standard InChI is InChI=1S/C15H19N3O2/c1-17-14-11-20-10-13(14)15(19)18(9-5-8-16)12-6-3-2-4-7-12/h2-4,6-7,13-14,17H,5,9-11H2,1H3. The zero-order valence-electron chi connectivity index (χ0n) is 11.6. The van der Waals surface area contributed by atoms with Crippen LogP contribution in [0.4, 0.5) is 5.69 Å². The van der Waals surface area contributed by atoms with Gasteiger partial charge in [-0.2, -0.15) is 5.26 Å². The van der Waals surface area contributed by atoms with Crippen LogP contribution in [0.15, 0.2) is 30.3 Å². The quantitative estimate of drug-likeness (QED) is 0.874. The molecule has 1 N–H and O–H groups in total. The van der Waals surface area contributed by atoms with Gasteiger partial charge < -0.3 is 15.0 Å². The van der Waals surface area contributed by atoms with Gasteiger partial charge in [0.05, 0.1) is 31.6 Å². The Bertz CT molecular complexity index is 484. The van der Waals surface area contributed by atoms with Crippen LogP contribution in [0.3, 0.4) is 0 Å². The molecule has 0 saturated carbocycles. The summed E-state index contributed by atoms with van der Waals surface area (Å²) in [5, 5.41) is 11.9. The van der Waals surface area contributed by atoms with E-state index in [1.54, 1.807) is 4.90 Å². The molecule has 5 nitrogen and oxygen atoms in total. The molecule has 0 spiro atoms. The van der Waals surface area contributed by atoms with E-state index in [1.807, 2.05) is 37.4 Å². The summed E-state index contributed by atoms with van der Waals surface area (Å²) in [7, 11) is 1.84. The molecular formula is C15H19N3O2. The number of nitrogens with zero attached hydrogens (tertiary/aromatic N) is 2. The molecule has 0 radical (unpaired) electrons. The van der Waals surface area contributed by atoms with Crippen LogP contribution >= 0.6 is 0 Å². The Morgan fingerprint density at radius 1 is 1.45 bits per heavy atom. The average Bonchev–Trinajstić information content (AvgIpc) is 2.97. The van der Waals surface area contributed by atoms with E-state index in [0.29, 0.717) is 26.2 Å². The third-order valence-electron chi connectivity index (χ3n) is 3.55. The van der Waals surface area contributed by atoms with Crippen LogP contribution in [0, 0.1) is 17.2 Å². The number of carbonyl (C=O) groups excluding carboxylic acids is 1. The molecule has 2 atom stereocenters. The summed E-state index contributed by atoms with van der Waals surface area (Å²) in [6.07, 6.45) is 0.318. The average molecular weight is 273 g/mol. The fourth-order valence-corrected chi connectivity index (χ4v) is 2.42. The van der Waals surface area contributed by atoms with Gasteiger partial charge in [0.15, 0.2) is 0 Å². The summed E-state index contributed by atoms with van der Waals surface area (Å²) in [6.45, 7) is 1.39. The van der Waals surface area contributed by atoms with E-state index in [4.69, 9.17) is 10.00 Å². The van der Waals surface area contributed by atoms with Gasteiger partial charge in [0, 0.05) is 18.3 Å². The summed E-state index contributed by atoms with van der Waals surface area (Å²) in [6, 6.07) is 11.6. The highest BCUT2D eigenvalue weighted by atomic mass is 16.5. The number of benzene rings is 1. The fourth-order valence-electron chi connectivity index (χ4n) is 2.42. The minimum Gasteiger partial charge on any atom is -0.379 e. The zero-order chi connectivity index (χ0) is 14.4. The molecule has 1 amide bonds. The van der Waals surface area contributed by atoms with Crippen molar-refractivity contribution in [1.29, 1.82) is 5.26 Å². The third-order valence-corrected chi connectivity index (χ3v) is 3.55. The van der Waals surface area contributed by atoms with Crippen molar-refractivity contribution >= 4 is 11.6 Å². The maximum atomic E-state index is 12.7. The summed E-state index contributed by atoms with van der Waals surface area (Å²) in [5.74, 6) is -0.179. The van der Waals surface area contributed by atoms with Crippen LogP contribution in [0.1, 0.15) is 6.42 Å². The van der Waals surface area contributed by atoms with Gasteiger partial charge in [0.2, 0.25) is 5.91 Å². The van der Waals surface area contributed by atoms with Gasteiger partial charge in [-0.1, -0.05) is 18.2 Å². The van der Waals surface area contributed by atoms with Gasteiger partial charge in [0.1, 0.15) is 0 Å². The Labute approximate surface area is 119 Å². The van der Waals surface area contributed by atoms with Crippen LogP contribution in [0.2, 0.25) is 0 Å². The summed E-state index contributed by atoms with van der Waals surface area (Å²) < 4.78 is 5.40. The van der Waals surface area contributed by atoms with Crippen LogP contribution in [-0.2, 0) is 9.53 Å². The largest absolute Gasteiger partial charge is 0.379 e. The minimum absolute atomic E-state index is 0.0169. The number of hydrogen-bond donors (Lipinski definition) is 1. The van der Waals surface area contributed by atoms with E-state index >= 15 is 0 Å². The first-order valence-electron chi connectivity index (χ1n) is 6.76. The van der Waals surface area contributed by atoms with Gasteiger partial charge in [-0.05, 0) is 19.2 Å². The van der Waals surface area contributed by atoms with Crippen LogP contribution in [-0.4, -0.2) is 38.8 Å². The van der Waals surface area contributed by atoms with Gasteiger partial charge in [-0.15, -0.1) is 0 Å². The fraction of sp³-hybridized carbons (Fsp3) is 0.467. The molecule has 106 valence electrons. The van der Waals surface area contributed by atoms with E-state index in [2.05, 4.69) is 11.4 Å². The number of anilines is 1. The number of nitriles is 1. The first kappa shape index (κ1) is 14.5. The second-order valence-corrected chi connectivity index (χ2v) is 4.77. The normalized spacial score (nSPS) is 21.4. The first-order chi connectivity index (χ1) is 9.77. The molecule has 0 bridgehead atoms. The van der Waals surface area contributed by atoms with Crippen molar-refractivity contribution in [3.63, 3.8) is 0 Å². The SMILES string of the molecule is CNC1COCC1C(=O)N(CCC#N)c1ccccc1. The summed E-state index contributed by atoms with van der Waals surface area (Å²) in [4.78, 5) is 14.4. The Balaban J connectivity index is 2.18. The lowest BCUT2D eigenvalue weighted by molar-refractivity contribution is -0.122. The van der Waals surface area contributed by atoms with E-state index in [0.717, 1.165) is 5.69 Å². The highest BCUT2D eigenvalue weighted by molar-refractivity contribution is 5.95. The number of rotatable bonds is 5. The monoisotopic (exact) mass is 273 g/mol. The van der Waals surface area contributed by atoms with Crippen molar-refractivity contribution in [2.75, 3.05) is 31.7 Å². The van der Waals surface area contributed by atoms with E-state index in [9.17, 15) is 4.79 Å². The molecule has 2 unspecified atom stereocenters. The minimum atomic E-state index is -0.195.